The summed E-state index contributed by atoms with van der Waals surface area (Å²) in [6.45, 7) is -0.657. The van der Waals surface area contributed by atoms with Crippen LogP contribution in [0.2, 0.25) is 0 Å². The highest BCUT2D eigenvalue weighted by Gasteiger charge is 2.46. The molecular weight excluding hydrogens is 461 g/mol. The monoisotopic (exact) mass is 474 g/mol. The molecule has 0 aliphatic carbocycles. The first-order chi connectivity index (χ1) is 11.2. The predicted molar refractivity (Wildman–Crippen MR) is 87.5 cm³/mol. The van der Waals surface area contributed by atoms with Gasteiger partial charge in [0, 0.05) is 9.77 Å². The van der Waals surface area contributed by atoms with Crippen molar-refractivity contribution >= 4 is 47.3 Å². The van der Waals surface area contributed by atoms with Crippen molar-refractivity contribution in [2.45, 2.75) is 24.6 Å². The van der Waals surface area contributed by atoms with Gasteiger partial charge in [0.25, 0.3) is 0 Å². The molecule has 10 nitrogen and oxygen atoms in total. The van der Waals surface area contributed by atoms with Crippen molar-refractivity contribution in [1.82, 2.24) is 14.5 Å². The van der Waals surface area contributed by atoms with Crippen molar-refractivity contribution in [1.29, 1.82) is 0 Å². The SMILES string of the molecule is Nc1ncnc2c1c(I)cn2[C@@H]1O[C@H](COP(=O)(O)O)[C@@H](O)[C@@H]1F. The summed E-state index contributed by atoms with van der Waals surface area (Å²) in [4.78, 5) is 25.4. The Morgan fingerprint density at radius 2 is 2.21 bits per heavy atom. The zero-order chi connectivity index (χ0) is 17.6. The van der Waals surface area contributed by atoms with Gasteiger partial charge in [-0.1, -0.05) is 0 Å². The molecule has 0 aromatic carbocycles. The van der Waals surface area contributed by atoms with E-state index in [1.165, 1.54) is 10.9 Å². The number of phosphoric acid groups is 1. The van der Waals surface area contributed by atoms with Gasteiger partial charge in [-0.05, 0) is 22.6 Å². The van der Waals surface area contributed by atoms with Crippen molar-refractivity contribution in [3.05, 3.63) is 16.1 Å². The molecule has 1 aliphatic rings. The molecule has 24 heavy (non-hydrogen) atoms. The standard InChI is InChI=1S/C11H13FIN4O6P/c12-7-8(18)5(2-22-24(19,20)21)23-11(7)17-1-4(13)6-9(14)15-3-16-10(6)17/h1,3,5,7-8,11,18H,2H2,(H2,14,15,16)(H2,19,20,21)/t5-,7+,8-,11-/m1/s1. The van der Waals surface area contributed by atoms with E-state index in [1.807, 2.05) is 22.6 Å². The van der Waals surface area contributed by atoms with E-state index in [1.54, 1.807) is 6.20 Å². The van der Waals surface area contributed by atoms with Crippen molar-refractivity contribution in [2.24, 2.45) is 0 Å². The molecule has 0 spiro atoms. The van der Waals surface area contributed by atoms with E-state index in [-0.39, 0.29) is 5.82 Å². The van der Waals surface area contributed by atoms with Gasteiger partial charge >= 0.3 is 7.82 Å². The van der Waals surface area contributed by atoms with Gasteiger partial charge in [0.2, 0.25) is 0 Å². The normalized spacial score (nSPS) is 27.9. The molecule has 2 aromatic rings. The number of aliphatic hydroxyl groups excluding tert-OH is 1. The van der Waals surface area contributed by atoms with Crippen molar-refractivity contribution in [3.8, 4) is 0 Å². The van der Waals surface area contributed by atoms with E-state index in [4.69, 9.17) is 20.3 Å². The molecule has 0 radical (unpaired) electrons. The first-order valence-corrected chi connectivity index (χ1v) is 9.24. The minimum absolute atomic E-state index is 0.221. The minimum Gasteiger partial charge on any atom is -0.387 e. The maximum atomic E-state index is 14.5. The number of nitrogens with zero attached hydrogens (tertiary/aromatic N) is 3. The summed E-state index contributed by atoms with van der Waals surface area (Å²) < 4.78 is 36.9. The van der Waals surface area contributed by atoms with Gasteiger partial charge in [-0.15, -0.1) is 0 Å². The highest BCUT2D eigenvalue weighted by Crippen LogP contribution is 2.40. The number of hydrogen-bond acceptors (Lipinski definition) is 7. The Kier molecular flexibility index (Phi) is 4.81. The molecule has 5 N–H and O–H groups in total. The van der Waals surface area contributed by atoms with Crippen LogP contribution in [0, 0.1) is 3.57 Å². The second-order valence-electron chi connectivity index (χ2n) is 5.13. The van der Waals surface area contributed by atoms with Gasteiger partial charge in [-0.2, -0.15) is 0 Å². The van der Waals surface area contributed by atoms with Crippen LogP contribution in [0.3, 0.4) is 0 Å². The molecule has 0 bridgehead atoms. The molecule has 2 aromatic heterocycles. The number of nitrogen functional groups attached to an aromatic ring is 1. The molecule has 0 saturated carbocycles. The second-order valence-corrected chi connectivity index (χ2v) is 7.53. The molecule has 1 saturated heterocycles. The van der Waals surface area contributed by atoms with Crippen LogP contribution >= 0.6 is 30.4 Å². The second kappa shape index (κ2) is 6.44. The third-order valence-corrected chi connectivity index (χ3v) is 4.87. The van der Waals surface area contributed by atoms with Crippen LogP contribution < -0.4 is 5.73 Å². The van der Waals surface area contributed by atoms with E-state index in [0.717, 1.165) is 0 Å². The summed E-state index contributed by atoms with van der Waals surface area (Å²) in [5.74, 6) is 0.221. The predicted octanol–water partition coefficient (Wildman–Crippen LogP) is 0.324. The first-order valence-electron chi connectivity index (χ1n) is 6.63. The smallest absolute Gasteiger partial charge is 0.387 e. The number of rotatable bonds is 4. The average Bonchev–Trinajstić information content (AvgIpc) is 2.96. The van der Waals surface area contributed by atoms with E-state index in [2.05, 4.69) is 14.5 Å². The Hall–Kier alpha value is -0.890. The lowest BCUT2D eigenvalue weighted by atomic mass is 10.1. The molecule has 4 atom stereocenters. The van der Waals surface area contributed by atoms with Crippen LogP contribution in [0.25, 0.3) is 11.0 Å². The van der Waals surface area contributed by atoms with E-state index < -0.39 is 39.0 Å². The number of ether oxygens (including phenoxy) is 1. The molecule has 3 heterocycles. The van der Waals surface area contributed by atoms with Crippen LogP contribution in [-0.4, -0.2) is 54.4 Å². The van der Waals surface area contributed by atoms with E-state index >= 15 is 0 Å². The lowest BCUT2D eigenvalue weighted by Gasteiger charge is -2.16. The lowest BCUT2D eigenvalue weighted by Crippen LogP contribution is -2.31. The Labute approximate surface area is 148 Å². The molecule has 1 fully saturated rings. The van der Waals surface area contributed by atoms with Crippen LogP contribution in [-0.2, 0) is 13.8 Å². The number of halogens is 2. The number of phosphoric ester groups is 1. The molecule has 3 rings (SSSR count). The average molecular weight is 474 g/mol. The quantitative estimate of drug-likeness (QED) is 0.363. The Morgan fingerprint density at radius 1 is 1.50 bits per heavy atom. The molecule has 13 heteroatoms. The van der Waals surface area contributed by atoms with Gasteiger partial charge in [0.1, 0.15) is 30.0 Å². The van der Waals surface area contributed by atoms with Gasteiger partial charge in [0.15, 0.2) is 12.4 Å². The first kappa shape index (κ1) is 17.9. The minimum atomic E-state index is -4.76. The van der Waals surface area contributed by atoms with Gasteiger partial charge in [-0.3, -0.25) is 4.52 Å². The number of alkyl halides is 1. The topological polar surface area (TPSA) is 153 Å². The third kappa shape index (κ3) is 3.27. The number of hydrogen-bond donors (Lipinski definition) is 4. The van der Waals surface area contributed by atoms with Gasteiger partial charge < -0.3 is 29.9 Å². The largest absolute Gasteiger partial charge is 0.469 e. The lowest BCUT2D eigenvalue weighted by molar-refractivity contribution is -0.0450. The summed E-state index contributed by atoms with van der Waals surface area (Å²) in [6.07, 6.45) is -3.18. The summed E-state index contributed by atoms with van der Waals surface area (Å²) in [5.41, 5.74) is 6.12. The van der Waals surface area contributed by atoms with Gasteiger partial charge in [-0.25, -0.2) is 18.9 Å². The van der Waals surface area contributed by atoms with Crippen LogP contribution in [0.15, 0.2) is 12.5 Å². The van der Waals surface area contributed by atoms with Crippen LogP contribution in [0.5, 0.6) is 0 Å². The molecule has 0 amide bonds. The fourth-order valence-electron chi connectivity index (χ4n) is 2.49. The summed E-state index contributed by atoms with van der Waals surface area (Å²) in [6, 6.07) is 0. The van der Waals surface area contributed by atoms with Crippen LogP contribution in [0.1, 0.15) is 6.23 Å². The van der Waals surface area contributed by atoms with E-state index in [9.17, 15) is 14.1 Å². The van der Waals surface area contributed by atoms with Crippen molar-refractivity contribution < 1.29 is 33.1 Å². The maximum Gasteiger partial charge on any atom is 0.469 e. The molecule has 0 unspecified atom stereocenters. The maximum absolute atomic E-state index is 14.5. The molecular formula is C11H13FIN4O6P. The fraction of sp³-hybridized carbons (Fsp3) is 0.455. The number of nitrogens with two attached hydrogens (primary N) is 1. The van der Waals surface area contributed by atoms with Crippen molar-refractivity contribution in [2.75, 3.05) is 12.3 Å². The highest BCUT2D eigenvalue weighted by atomic mass is 127. The summed E-state index contributed by atoms with van der Waals surface area (Å²) >= 11 is 1.99. The van der Waals surface area contributed by atoms with E-state index in [0.29, 0.717) is 14.6 Å². The highest BCUT2D eigenvalue weighted by molar-refractivity contribution is 14.1. The number of aliphatic hydroxyl groups is 1. The number of fused-ring (bicyclic) bond motifs is 1. The summed E-state index contributed by atoms with van der Waals surface area (Å²) in [5, 5.41) is 10.4. The van der Waals surface area contributed by atoms with Crippen molar-refractivity contribution in [3.63, 3.8) is 0 Å². The Balaban J connectivity index is 1.90. The fourth-order valence-corrected chi connectivity index (χ4v) is 3.65. The van der Waals surface area contributed by atoms with Crippen LogP contribution in [0.4, 0.5) is 10.2 Å². The Morgan fingerprint density at radius 3 is 2.88 bits per heavy atom. The van der Waals surface area contributed by atoms with Gasteiger partial charge in [0.05, 0.1) is 12.0 Å². The molecule has 132 valence electrons. The third-order valence-electron chi connectivity index (χ3n) is 3.57. The Bertz CT molecular complexity index is 815. The zero-order valence-corrected chi connectivity index (χ0v) is 14.9. The zero-order valence-electron chi connectivity index (χ0n) is 11.9. The molecule has 1 aliphatic heterocycles. The number of aromatic nitrogens is 3. The number of anilines is 1. The summed E-state index contributed by atoms with van der Waals surface area (Å²) in [7, 11) is -4.76.